The predicted molar refractivity (Wildman–Crippen MR) is 118 cm³/mol. The molecule has 2 aliphatic carbocycles. The predicted octanol–water partition coefficient (Wildman–Crippen LogP) is 5.13. The Morgan fingerprint density at radius 1 is 1.24 bits per heavy atom. The van der Waals surface area contributed by atoms with E-state index >= 15 is 0 Å². The van der Waals surface area contributed by atoms with Crippen LogP contribution >= 0.6 is 11.3 Å². The highest BCUT2D eigenvalue weighted by Crippen LogP contribution is 2.49. The zero-order chi connectivity index (χ0) is 20.8. The second-order valence-electron chi connectivity index (χ2n) is 9.20. The van der Waals surface area contributed by atoms with Crippen LogP contribution in [0.5, 0.6) is 0 Å². The highest BCUT2D eigenvalue weighted by molar-refractivity contribution is 7.17. The maximum atomic E-state index is 12.9. The van der Waals surface area contributed by atoms with Gasteiger partial charge in [0.1, 0.15) is 5.00 Å². The first-order valence-corrected chi connectivity index (χ1v) is 11.4. The fraction of sp³-hybridized carbons (Fsp3) is 0.500. The molecule has 4 nitrogen and oxygen atoms in total. The number of benzene rings is 1. The normalized spacial score (nSPS) is 23.3. The van der Waals surface area contributed by atoms with Crippen molar-refractivity contribution in [3.8, 4) is 0 Å². The van der Waals surface area contributed by atoms with E-state index in [1.165, 1.54) is 10.4 Å². The molecule has 154 valence electrons. The summed E-state index contributed by atoms with van der Waals surface area (Å²) >= 11 is 1.56. The Hall–Kier alpha value is -2.14. The molecular formula is C24H30N2O2S. The summed E-state index contributed by atoms with van der Waals surface area (Å²) in [6.07, 6.45) is 4.89. The molecule has 29 heavy (non-hydrogen) atoms. The van der Waals surface area contributed by atoms with E-state index < -0.39 is 5.91 Å². The Balaban J connectivity index is 1.53. The van der Waals surface area contributed by atoms with Crippen molar-refractivity contribution in [3.05, 3.63) is 51.9 Å². The van der Waals surface area contributed by atoms with Crippen LogP contribution < -0.4 is 11.1 Å². The molecule has 2 aliphatic rings. The fourth-order valence-corrected chi connectivity index (χ4v) is 5.98. The monoisotopic (exact) mass is 410 g/mol. The largest absolute Gasteiger partial charge is 0.365 e. The van der Waals surface area contributed by atoms with Gasteiger partial charge in [-0.2, -0.15) is 0 Å². The van der Waals surface area contributed by atoms with Crippen molar-refractivity contribution in [2.24, 2.45) is 23.0 Å². The van der Waals surface area contributed by atoms with Gasteiger partial charge in [0, 0.05) is 10.8 Å². The molecule has 5 heteroatoms. The van der Waals surface area contributed by atoms with Crippen LogP contribution in [0.25, 0.3) is 0 Å². The number of thiophene rings is 1. The summed E-state index contributed by atoms with van der Waals surface area (Å²) in [6.45, 7) is 6.89. The van der Waals surface area contributed by atoms with Gasteiger partial charge in [-0.1, -0.05) is 57.5 Å². The van der Waals surface area contributed by atoms with Gasteiger partial charge in [-0.25, -0.2) is 0 Å². The van der Waals surface area contributed by atoms with E-state index in [9.17, 15) is 9.59 Å². The second-order valence-corrected chi connectivity index (χ2v) is 10.3. The molecule has 3 N–H and O–H groups in total. The van der Waals surface area contributed by atoms with Gasteiger partial charge in [0.25, 0.3) is 5.91 Å². The van der Waals surface area contributed by atoms with E-state index in [2.05, 4.69) is 38.2 Å². The van der Waals surface area contributed by atoms with E-state index in [0.717, 1.165) is 37.7 Å². The van der Waals surface area contributed by atoms with Crippen molar-refractivity contribution in [1.82, 2.24) is 0 Å². The first-order chi connectivity index (χ1) is 13.8. The average molecular weight is 411 g/mol. The highest BCUT2D eigenvalue weighted by atomic mass is 32.1. The van der Waals surface area contributed by atoms with Gasteiger partial charge in [0.15, 0.2) is 0 Å². The first kappa shape index (κ1) is 20.1. The number of carbonyl (C=O) groups excluding carboxylic acids is 2. The van der Waals surface area contributed by atoms with Gasteiger partial charge in [-0.15, -0.1) is 11.3 Å². The molecule has 0 saturated heterocycles. The quantitative estimate of drug-likeness (QED) is 0.693. The Kier molecular flexibility index (Phi) is 5.28. The SMILES string of the molecule is CCC(C)(C)[C@@H]1CCc2c(sc(NC(=O)[C@H]3C[C@H]3c3ccccc3)c2C(N)=O)C1. The van der Waals surface area contributed by atoms with Crippen LogP contribution in [-0.4, -0.2) is 11.8 Å². The molecule has 1 aromatic carbocycles. The molecule has 0 bridgehead atoms. The summed E-state index contributed by atoms with van der Waals surface area (Å²) in [5.74, 6) is 0.419. The number of anilines is 1. The van der Waals surface area contributed by atoms with Crippen LogP contribution in [0.4, 0.5) is 5.00 Å². The van der Waals surface area contributed by atoms with Gasteiger partial charge < -0.3 is 11.1 Å². The van der Waals surface area contributed by atoms with Gasteiger partial charge in [-0.05, 0) is 54.1 Å². The van der Waals surface area contributed by atoms with Crippen LogP contribution in [0.1, 0.15) is 72.3 Å². The number of hydrogen-bond donors (Lipinski definition) is 2. The molecule has 1 saturated carbocycles. The van der Waals surface area contributed by atoms with Crippen molar-refractivity contribution in [3.63, 3.8) is 0 Å². The Bertz CT molecular complexity index is 932. The number of carbonyl (C=O) groups is 2. The van der Waals surface area contributed by atoms with Crippen LogP contribution in [0, 0.1) is 17.3 Å². The average Bonchev–Trinajstić information content (AvgIpc) is 3.43. The Labute approximate surface area is 176 Å². The summed E-state index contributed by atoms with van der Waals surface area (Å²) in [5, 5.41) is 3.71. The maximum Gasteiger partial charge on any atom is 0.251 e. The number of primary amides is 1. The van der Waals surface area contributed by atoms with E-state index in [-0.39, 0.29) is 23.2 Å². The van der Waals surface area contributed by atoms with Crippen LogP contribution in [0.15, 0.2) is 30.3 Å². The lowest BCUT2D eigenvalue weighted by Crippen LogP contribution is -2.29. The smallest absolute Gasteiger partial charge is 0.251 e. The van der Waals surface area contributed by atoms with E-state index in [0.29, 0.717) is 16.5 Å². The maximum absolute atomic E-state index is 12.9. The van der Waals surface area contributed by atoms with Crippen molar-refractivity contribution in [2.75, 3.05) is 5.32 Å². The number of nitrogens with one attached hydrogen (secondary N) is 1. The molecule has 2 amide bonds. The van der Waals surface area contributed by atoms with Gasteiger partial charge >= 0.3 is 0 Å². The van der Waals surface area contributed by atoms with Crippen LogP contribution in [-0.2, 0) is 17.6 Å². The lowest BCUT2D eigenvalue weighted by atomic mass is 9.69. The minimum absolute atomic E-state index is 0.00499. The second kappa shape index (κ2) is 7.60. The molecule has 1 fully saturated rings. The molecular weight excluding hydrogens is 380 g/mol. The zero-order valence-corrected chi connectivity index (χ0v) is 18.3. The van der Waals surface area contributed by atoms with Crippen molar-refractivity contribution in [2.45, 2.75) is 58.8 Å². The number of hydrogen-bond acceptors (Lipinski definition) is 3. The number of rotatable bonds is 6. The minimum atomic E-state index is -0.429. The summed E-state index contributed by atoms with van der Waals surface area (Å²) < 4.78 is 0. The molecule has 0 unspecified atom stereocenters. The first-order valence-electron chi connectivity index (χ1n) is 10.6. The molecule has 0 radical (unpaired) electrons. The third kappa shape index (κ3) is 3.85. The van der Waals surface area contributed by atoms with Crippen LogP contribution in [0.3, 0.4) is 0 Å². The van der Waals surface area contributed by atoms with E-state index in [1.807, 2.05) is 18.2 Å². The van der Waals surface area contributed by atoms with Crippen molar-refractivity contribution >= 4 is 28.2 Å². The summed E-state index contributed by atoms with van der Waals surface area (Å²) in [6, 6.07) is 10.2. The van der Waals surface area contributed by atoms with Gasteiger partial charge in [-0.3, -0.25) is 9.59 Å². The molecule has 0 spiro atoms. The van der Waals surface area contributed by atoms with Crippen molar-refractivity contribution < 1.29 is 9.59 Å². The van der Waals surface area contributed by atoms with Crippen LogP contribution in [0.2, 0.25) is 0 Å². The molecule has 2 aromatic rings. The zero-order valence-electron chi connectivity index (χ0n) is 17.5. The Morgan fingerprint density at radius 3 is 2.62 bits per heavy atom. The topological polar surface area (TPSA) is 72.2 Å². The molecule has 4 rings (SSSR count). The Morgan fingerprint density at radius 2 is 1.97 bits per heavy atom. The number of amides is 2. The number of nitrogens with two attached hydrogens (primary N) is 1. The molecule has 1 aromatic heterocycles. The third-order valence-electron chi connectivity index (χ3n) is 7.12. The number of fused-ring (bicyclic) bond motifs is 1. The van der Waals surface area contributed by atoms with Gasteiger partial charge in [0.05, 0.1) is 5.56 Å². The molecule has 1 heterocycles. The van der Waals surface area contributed by atoms with E-state index in [1.54, 1.807) is 11.3 Å². The lowest BCUT2D eigenvalue weighted by molar-refractivity contribution is -0.117. The summed E-state index contributed by atoms with van der Waals surface area (Å²) in [4.78, 5) is 26.3. The van der Waals surface area contributed by atoms with E-state index in [4.69, 9.17) is 5.73 Å². The minimum Gasteiger partial charge on any atom is -0.365 e. The van der Waals surface area contributed by atoms with Gasteiger partial charge in [0.2, 0.25) is 5.91 Å². The lowest BCUT2D eigenvalue weighted by Gasteiger charge is -2.36. The molecule has 0 aliphatic heterocycles. The third-order valence-corrected chi connectivity index (χ3v) is 8.29. The van der Waals surface area contributed by atoms with Crippen molar-refractivity contribution in [1.29, 1.82) is 0 Å². The molecule has 3 atom stereocenters. The standard InChI is InChI=1S/C24H30N2O2S/c1-4-24(2,3)15-10-11-16-19(12-15)29-23(20(16)21(25)27)26-22(28)18-13-17(18)14-8-6-5-7-9-14/h5-9,15,17-18H,4,10-13H2,1-3H3,(H2,25,27)(H,26,28)/t15-,17+,18+/m1/s1. The fourth-order valence-electron chi connectivity index (χ4n) is 4.65. The summed E-state index contributed by atoms with van der Waals surface area (Å²) in [7, 11) is 0. The summed E-state index contributed by atoms with van der Waals surface area (Å²) in [5.41, 5.74) is 8.82. The highest BCUT2D eigenvalue weighted by Gasteiger charge is 2.44.